The topological polar surface area (TPSA) is 58.0 Å². The first-order chi connectivity index (χ1) is 10.1. The molecule has 0 spiro atoms. The molecular weight excluding hydrogens is 270 g/mol. The van der Waals surface area contributed by atoms with E-state index in [-0.39, 0.29) is 5.91 Å². The van der Waals surface area contributed by atoms with Gasteiger partial charge in [-0.2, -0.15) is 0 Å². The molecule has 0 aromatic carbocycles. The summed E-state index contributed by atoms with van der Waals surface area (Å²) in [4.78, 5) is 16.5. The molecule has 0 saturated carbocycles. The van der Waals surface area contributed by atoms with Gasteiger partial charge in [0.05, 0.1) is 13.2 Å². The highest BCUT2D eigenvalue weighted by atomic mass is 16.5. The third kappa shape index (κ3) is 4.84. The van der Waals surface area contributed by atoms with Crippen LogP contribution in [-0.2, 0) is 16.1 Å². The molecule has 1 aromatic rings. The summed E-state index contributed by atoms with van der Waals surface area (Å²) in [6, 6.07) is 3.84. The molecule has 1 unspecified atom stereocenters. The molecule has 1 amide bonds. The molecule has 0 radical (unpaired) electrons. The molecule has 1 atom stereocenters. The standard InChI is InChI=1S/C15H25N3O3/c1-12-4-5-13(21-12)11-18(8-7-17(2)3)15(19)14-10-16-6-9-20-14/h4-5,14,16H,6-11H2,1-3H3. The van der Waals surface area contributed by atoms with Gasteiger partial charge in [0.25, 0.3) is 5.91 Å². The summed E-state index contributed by atoms with van der Waals surface area (Å²) in [6.45, 7) is 5.83. The second kappa shape index (κ2) is 7.59. The highest BCUT2D eigenvalue weighted by Crippen LogP contribution is 2.12. The summed E-state index contributed by atoms with van der Waals surface area (Å²) in [5, 5.41) is 3.20. The van der Waals surface area contributed by atoms with Gasteiger partial charge in [-0.25, -0.2) is 0 Å². The Hall–Kier alpha value is -1.37. The molecule has 6 heteroatoms. The van der Waals surface area contributed by atoms with Gasteiger partial charge in [-0.15, -0.1) is 0 Å². The van der Waals surface area contributed by atoms with Gasteiger partial charge in [0, 0.05) is 26.2 Å². The highest BCUT2D eigenvalue weighted by molar-refractivity contribution is 5.81. The number of nitrogens with zero attached hydrogens (tertiary/aromatic N) is 2. The molecule has 6 nitrogen and oxygen atoms in total. The normalized spacial score (nSPS) is 19.0. The monoisotopic (exact) mass is 295 g/mol. The first kappa shape index (κ1) is 16.0. The number of rotatable bonds is 6. The van der Waals surface area contributed by atoms with Crippen molar-refractivity contribution in [2.45, 2.75) is 19.6 Å². The van der Waals surface area contributed by atoms with E-state index in [1.807, 2.05) is 38.1 Å². The summed E-state index contributed by atoms with van der Waals surface area (Å²) in [5.74, 6) is 1.70. The molecular formula is C15H25N3O3. The predicted octanol–water partition coefficient (Wildman–Crippen LogP) is 0.467. The van der Waals surface area contributed by atoms with Crippen LogP contribution in [0.15, 0.2) is 16.5 Å². The maximum absolute atomic E-state index is 12.6. The van der Waals surface area contributed by atoms with Crippen molar-refractivity contribution in [2.24, 2.45) is 0 Å². The third-order valence-electron chi connectivity index (χ3n) is 3.47. The lowest BCUT2D eigenvalue weighted by atomic mass is 10.2. The van der Waals surface area contributed by atoms with E-state index in [1.165, 1.54) is 0 Å². The van der Waals surface area contributed by atoms with E-state index in [2.05, 4.69) is 10.2 Å². The number of morpholine rings is 1. The van der Waals surface area contributed by atoms with Gasteiger partial charge >= 0.3 is 0 Å². The zero-order valence-electron chi connectivity index (χ0n) is 13.1. The average molecular weight is 295 g/mol. The molecule has 21 heavy (non-hydrogen) atoms. The van der Waals surface area contributed by atoms with E-state index in [0.717, 1.165) is 24.6 Å². The lowest BCUT2D eigenvalue weighted by molar-refractivity contribution is -0.146. The number of carbonyl (C=O) groups is 1. The minimum absolute atomic E-state index is 0.0260. The largest absolute Gasteiger partial charge is 0.464 e. The molecule has 2 heterocycles. The van der Waals surface area contributed by atoms with Gasteiger partial charge in [0.2, 0.25) is 0 Å². The Bertz CT molecular complexity index is 453. The maximum atomic E-state index is 12.6. The van der Waals surface area contributed by atoms with Crippen molar-refractivity contribution >= 4 is 5.91 Å². The number of nitrogens with one attached hydrogen (secondary N) is 1. The number of likely N-dealkylation sites (N-methyl/N-ethyl adjacent to an activating group) is 1. The molecule has 1 aliphatic rings. The molecule has 0 aliphatic carbocycles. The number of aryl methyl sites for hydroxylation is 1. The Morgan fingerprint density at radius 1 is 1.38 bits per heavy atom. The van der Waals surface area contributed by atoms with Crippen LogP contribution >= 0.6 is 0 Å². The van der Waals surface area contributed by atoms with Crippen molar-refractivity contribution < 1.29 is 13.9 Å². The SMILES string of the molecule is Cc1ccc(CN(CCN(C)C)C(=O)C2CNCCO2)o1. The van der Waals surface area contributed by atoms with E-state index in [1.54, 1.807) is 0 Å². The van der Waals surface area contributed by atoms with Crippen LogP contribution in [-0.4, -0.2) is 68.7 Å². The fourth-order valence-electron chi connectivity index (χ4n) is 2.27. The zero-order chi connectivity index (χ0) is 15.2. The van der Waals surface area contributed by atoms with Gasteiger partial charge in [0.15, 0.2) is 0 Å². The van der Waals surface area contributed by atoms with Crippen LogP contribution in [0.1, 0.15) is 11.5 Å². The summed E-state index contributed by atoms with van der Waals surface area (Å²) in [7, 11) is 4.00. The van der Waals surface area contributed by atoms with Crippen molar-refractivity contribution in [3.05, 3.63) is 23.7 Å². The van der Waals surface area contributed by atoms with Gasteiger partial charge in [-0.05, 0) is 33.2 Å². The Morgan fingerprint density at radius 3 is 2.76 bits per heavy atom. The number of hydrogen-bond donors (Lipinski definition) is 1. The van der Waals surface area contributed by atoms with Gasteiger partial charge in [-0.1, -0.05) is 0 Å². The highest BCUT2D eigenvalue weighted by Gasteiger charge is 2.27. The van der Waals surface area contributed by atoms with Crippen LogP contribution in [0.25, 0.3) is 0 Å². The van der Waals surface area contributed by atoms with Crippen molar-refractivity contribution in [1.29, 1.82) is 0 Å². The van der Waals surface area contributed by atoms with Crippen LogP contribution in [0.5, 0.6) is 0 Å². The van der Waals surface area contributed by atoms with Crippen LogP contribution in [0.2, 0.25) is 0 Å². The van der Waals surface area contributed by atoms with E-state index >= 15 is 0 Å². The lowest BCUT2D eigenvalue weighted by Crippen LogP contribution is -2.50. The Kier molecular flexibility index (Phi) is 5.78. The van der Waals surface area contributed by atoms with E-state index < -0.39 is 6.10 Å². The summed E-state index contributed by atoms with van der Waals surface area (Å²) >= 11 is 0. The number of carbonyl (C=O) groups excluding carboxylic acids is 1. The van der Waals surface area contributed by atoms with Crippen molar-refractivity contribution in [1.82, 2.24) is 15.1 Å². The number of furan rings is 1. The first-order valence-corrected chi connectivity index (χ1v) is 7.37. The van der Waals surface area contributed by atoms with Gasteiger partial charge in [-0.3, -0.25) is 4.79 Å². The predicted molar refractivity (Wildman–Crippen MR) is 80.0 cm³/mol. The van der Waals surface area contributed by atoms with Crippen LogP contribution in [0.4, 0.5) is 0 Å². The molecule has 2 rings (SSSR count). The average Bonchev–Trinajstić information content (AvgIpc) is 2.89. The Morgan fingerprint density at radius 2 is 2.19 bits per heavy atom. The fourth-order valence-corrected chi connectivity index (χ4v) is 2.27. The van der Waals surface area contributed by atoms with Crippen LogP contribution in [0, 0.1) is 6.92 Å². The number of amides is 1. The van der Waals surface area contributed by atoms with Crippen molar-refractivity contribution in [3.63, 3.8) is 0 Å². The van der Waals surface area contributed by atoms with Crippen molar-refractivity contribution in [3.8, 4) is 0 Å². The second-order valence-corrected chi connectivity index (χ2v) is 5.64. The third-order valence-corrected chi connectivity index (χ3v) is 3.47. The smallest absolute Gasteiger partial charge is 0.253 e. The Balaban J connectivity index is 2.01. The molecule has 1 saturated heterocycles. The zero-order valence-corrected chi connectivity index (χ0v) is 13.1. The molecule has 1 aromatic heterocycles. The van der Waals surface area contributed by atoms with E-state index in [4.69, 9.17) is 9.15 Å². The minimum atomic E-state index is -0.392. The number of hydrogen-bond acceptors (Lipinski definition) is 5. The lowest BCUT2D eigenvalue weighted by Gasteiger charge is -2.30. The second-order valence-electron chi connectivity index (χ2n) is 5.64. The number of ether oxygens (including phenoxy) is 1. The minimum Gasteiger partial charge on any atom is -0.464 e. The Labute approximate surface area is 126 Å². The first-order valence-electron chi connectivity index (χ1n) is 7.37. The van der Waals surface area contributed by atoms with Crippen LogP contribution < -0.4 is 5.32 Å². The van der Waals surface area contributed by atoms with Crippen LogP contribution in [0.3, 0.4) is 0 Å². The molecule has 1 aliphatic heterocycles. The van der Waals surface area contributed by atoms with E-state index in [0.29, 0.717) is 26.2 Å². The molecule has 1 N–H and O–H groups in total. The summed E-state index contributed by atoms with van der Waals surface area (Å²) < 4.78 is 11.2. The van der Waals surface area contributed by atoms with E-state index in [9.17, 15) is 4.79 Å². The summed E-state index contributed by atoms with van der Waals surface area (Å²) in [6.07, 6.45) is -0.392. The van der Waals surface area contributed by atoms with Gasteiger partial charge < -0.3 is 24.3 Å². The molecule has 0 bridgehead atoms. The molecule has 1 fully saturated rings. The van der Waals surface area contributed by atoms with Gasteiger partial charge in [0.1, 0.15) is 17.6 Å². The molecule has 118 valence electrons. The van der Waals surface area contributed by atoms with Crippen molar-refractivity contribution in [2.75, 3.05) is 46.9 Å². The quantitative estimate of drug-likeness (QED) is 0.826. The fraction of sp³-hybridized carbons (Fsp3) is 0.667. The summed E-state index contributed by atoms with van der Waals surface area (Å²) in [5.41, 5.74) is 0. The maximum Gasteiger partial charge on any atom is 0.253 e.